The number of hydrogen-bond acceptors (Lipinski definition) is 17. The van der Waals surface area contributed by atoms with Gasteiger partial charge in [-0.15, -0.1) is 11.3 Å². The van der Waals surface area contributed by atoms with Gasteiger partial charge in [0.05, 0.1) is 74.7 Å². The van der Waals surface area contributed by atoms with E-state index in [0.29, 0.717) is 17.2 Å². The lowest BCUT2D eigenvalue weighted by Crippen LogP contribution is -2.50. The van der Waals surface area contributed by atoms with Crippen molar-refractivity contribution in [1.82, 2.24) is 29.5 Å². The zero-order chi connectivity index (χ0) is 42.4. The fraction of sp³-hybridized carbons (Fsp3) is 0.531. The maximum absolute atomic E-state index is 14.7. The molecule has 0 atom stereocenters. The maximum atomic E-state index is 14.7. The Labute approximate surface area is 328 Å². The summed E-state index contributed by atoms with van der Waals surface area (Å²) < 4.78 is 52.5. The number of rotatable bonds is 16. The van der Waals surface area contributed by atoms with E-state index < -0.39 is 82.9 Å². The van der Waals surface area contributed by atoms with Crippen molar-refractivity contribution in [3.05, 3.63) is 53.6 Å². The van der Waals surface area contributed by atoms with E-state index in [1.807, 2.05) is 6.92 Å². The molecule has 0 unspecified atom stereocenters. The summed E-state index contributed by atoms with van der Waals surface area (Å²) in [4.78, 5) is 38.9. The SMILES string of the molecule is CCOC1CCC(n2cc(NC(=O)c3csc(-c4cnn(COP(=O)(O)O)c4)n3)c(-c3nc(F)ccc3F)n2)CC1.NC(CO)(CO)CO.NC(CO)(CO)CO. The van der Waals surface area contributed by atoms with Crippen molar-refractivity contribution >= 4 is 30.8 Å². The molecule has 21 nitrogen and oxygen atoms in total. The number of pyridine rings is 1. The summed E-state index contributed by atoms with van der Waals surface area (Å²) in [5.74, 6) is -2.29. The number of ether oxygens (including phenoxy) is 1. The molecule has 4 aromatic rings. The molecule has 57 heavy (non-hydrogen) atoms. The number of phosphoric acid groups is 1. The zero-order valence-corrected chi connectivity index (χ0v) is 32.5. The fourth-order valence-electron chi connectivity index (χ4n) is 4.82. The van der Waals surface area contributed by atoms with Gasteiger partial charge < -0.3 is 61.9 Å². The predicted octanol–water partition coefficient (Wildman–Crippen LogP) is -0.296. The van der Waals surface area contributed by atoms with Crippen molar-refractivity contribution in [1.29, 1.82) is 0 Å². The standard InChI is InChI=1S/C24H26F2N7O6PS.2C4H11NO3/c1-2-38-16-5-3-15(4-6-16)33-11-18(22(31-33)21-17(25)7-8-20(26)30-21)28-23(34)19-12-41-24(29-19)14-9-27-32(10-14)13-39-40(35,36)37;2*5-4(1-6,2-7)3-8/h7-12,15-16H,2-6,13H2,1H3,(H,28,34)(H2,35,36,37);2*6-8H,1-3,5H2. The van der Waals surface area contributed by atoms with E-state index in [0.717, 1.165) is 49.2 Å². The minimum atomic E-state index is -4.67. The lowest BCUT2D eigenvalue weighted by atomic mass is 9.93. The fourth-order valence-corrected chi connectivity index (χ4v) is 5.86. The lowest BCUT2D eigenvalue weighted by molar-refractivity contribution is 0.0260. The molecule has 5 rings (SSSR count). The van der Waals surface area contributed by atoms with Crippen LogP contribution in [0.25, 0.3) is 22.0 Å². The van der Waals surface area contributed by atoms with E-state index in [1.54, 1.807) is 10.9 Å². The van der Waals surface area contributed by atoms with Crippen molar-refractivity contribution in [2.75, 3.05) is 51.6 Å². The molecule has 0 radical (unpaired) electrons. The van der Waals surface area contributed by atoms with Gasteiger partial charge in [-0.1, -0.05) is 0 Å². The van der Waals surface area contributed by atoms with Gasteiger partial charge in [-0.25, -0.2) is 23.6 Å². The molecule has 0 spiro atoms. The molecule has 318 valence electrons. The van der Waals surface area contributed by atoms with E-state index in [1.165, 1.54) is 22.5 Å². The number of hydrogen-bond donors (Lipinski definition) is 11. The molecule has 1 aliphatic carbocycles. The normalized spacial score (nSPS) is 16.0. The third kappa shape index (κ3) is 14.3. The minimum absolute atomic E-state index is 0.0101. The van der Waals surface area contributed by atoms with E-state index in [9.17, 15) is 18.1 Å². The molecule has 4 heterocycles. The first-order valence-electron chi connectivity index (χ1n) is 17.2. The van der Waals surface area contributed by atoms with Crippen LogP contribution in [-0.2, 0) is 20.6 Å². The van der Waals surface area contributed by atoms with Crippen molar-refractivity contribution in [3.63, 3.8) is 0 Å². The molecule has 25 heteroatoms. The third-order valence-electron chi connectivity index (χ3n) is 8.30. The zero-order valence-electron chi connectivity index (χ0n) is 30.8. The van der Waals surface area contributed by atoms with Crippen LogP contribution in [0.2, 0.25) is 0 Å². The van der Waals surface area contributed by atoms with Crippen LogP contribution in [0.15, 0.2) is 36.1 Å². The Balaban J connectivity index is 0.000000457. The number of halogens is 2. The van der Waals surface area contributed by atoms with Crippen LogP contribution in [0.1, 0.15) is 49.1 Å². The molecule has 4 aromatic heterocycles. The second-order valence-electron chi connectivity index (χ2n) is 12.9. The topological polar surface area (TPSA) is 340 Å². The average Bonchev–Trinajstić information content (AvgIpc) is 3.99. The summed E-state index contributed by atoms with van der Waals surface area (Å²) in [6, 6.07) is 1.83. The van der Waals surface area contributed by atoms with E-state index in [2.05, 4.69) is 30.0 Å². The number of nitrogens with two attached hydrogens (primary N) is 2. The monoisotopic (exact) mass is 851 g/mol. The van der Waals surface area contributed by atoms with Gasteiger partial charge in [-0.05, 0) is 44.7 Å². The number of aliphatic hydroxyl groups is 6. The number of thiazole rings is 1. The molecule has 0 bridgehead atoms. The quantitative estimate of drug-likeness (QED) is 0.0509. The first-order chi connectivity index (χ1) is 27.0. The van der Waals surface area contributed by atoms with Gasteiger partial charge in [-0.2, -0.15) is 14.6 Å². The van der Waals surface area contributed by atoms with Crippen LogP contribution in [0.5, 0.6) is 0 Å². The summed E-state index contributed by atoms with van der Waals surface area (Å²) in [7, 11) is -4.67. The van der Waals surface area contributed by atoms with Crippen LogP contribution >= 0.6 is 19.2 Å². The number of aromatic nitrogens is 6. The first-order valence-corrected chi connectivity index (χ1v) is 19.6. The van der Waals surface area contributed by atoms with Crippen molar-refractivity contribution < 1.29 is 67.8 Å². The predicted molar refractivity (Wildman–Crippen MR) is 199 cm³/mol. The Kier molecular flexibility index (Phi) is 18.3. The summed E-state index contributed by atoms with van der Waals surface area (Å²) >= 11 is 1.14. The Morgan fingerprint density at radius 1 is 0.947 bits per heavy atom. The largest absolute Gasteiger partial charge is 0.471 e. The molecule has 1 fully saturated rings. The number of anilines is 1. The van der Waals surface area contributed by atoms with Crippen molar-refractivity contribution in [3.8, 4) is 22.0 Å². The second-order valence-corrected chi connectivity index (χ2v) is 15.0. The Bertz CT molecular complexity index is 1860. The van der Waals surface area contributed by atoms with Crippen LogP contribution in [0.4, 0.5) is 14.5 Å². The molecule has 1 amide bonds. The van der Waals surface area contributed by atoms with Crippen LogP contribution in [-0.4, -0.2) is 139 Å². The highest BCUT2D eigenvalue weighted by Crippen LogP contribution is 2.37. The molecule has 13 N–H and O–H groups in total. The van der Waals surface area contributed by atoms with Crippen molar-refractivity contribution in [2.24, 2.45) is 11.5 Å². The molecule has 0 saturated heterocycles. The van der Waals surface area contributed by atoms with Gasteiger partial charge in [0.25, 0.3) is 5.91 Å². The van der Waals surface area contributed by atoms with Gasteiger partial charge in [0.1, 0.15) is 22.1 Å². The Hall–Kier alpha value is -3.72. The highest BCUT2D eigenvalue weighted by molar-refractivity contribution is 7.46. The summed E-state index contributed by atoms with van der Waals surface area (Å²) in [6.07, 6.45) is 7.79. The van der Waals surface area contributed by atoms with Crippen LogP contribution < -0.4 is 16.8 Å². The highest BCUT2D eigenvalue weighted by atomic mass is 32.1. The average molecular weight is 852 g/mol. The first kappa shape index (κ1) is 47.7. The number of nitrogens with one attached hydrogen (secondary N) is 1. The van der Waals surface area contributed by atoms with Gasteiger partial charge in [0.2, 0.25) is 5.95 Å². The third-order valence-corrected chi connectivity index (χ3v) is 9.64. The van der Waals surface area contributed by atoms with Gasteiger partial charge in [0.15, 0.2) is 12.5 Å². The molecule has 0 aliphatic heterocycles. The Morgan fingerprint density at radius 3 is 2.07 bits per heavy atom. The Morgan fingerprint density at radius 2 is 1.54 bits per heavy atom. The summed E-state index contributed by atoms with van der Waals surface area (Å²) in [5, 5.41) is 63.1. The van der Waals surface area contributed by atoms with Crippen LogP contribution in [0.3, 0.4) is 0 Å². The molecular formula is C32H48F2N9O12PS. The van der Waals surface area contributed by atoms with Gasteiger partial charge in [-0.3, -0.25) is 14.0 Å². The number of nitrogens with zero attached hydrogens (tertiary/aromatic N) is 6. The van der Waals surface area contributed by atoms with E-state index >= 15 is 0 Å². The van der Waals surface area contributed by atoms with E-state index in [4.69, 9.17) is 56.6 Å². The molecular weight excluding hydrogens is 803 g/mol. The number of amides is 1. The summed E-state index contributed by atoms with van der Waals surface area (Å²) in [5.41, 5.74) is 8.23. The number of phosphoric ester groups is 1. The van der Waals surface area contributed by atoms with E-state index in [-0.39, 0.29) is 34.9 Å². The number of carbonyl (C=O) groups excluding carboxylic acids is 1. The van der Waals surface area contributed by atoms with Crippen LogP contribution in [0, 0.1) is 11.8 Å². The maximum Gasteiger partial charge on any atom is 0.471 e. The molecule has 1 aliphatic rings. The minimum Gasteiger partial charge on any atom is -0.394 e. The summed E-state index contributed by atoms with van der Waals surface area (Å²) in [6.45, 7) is -0.313. The number of aliphatic hydroxyl groups excluding tert-OH is 6. The lowest BCUT2D eigenvalue weighted by Gasteiger charge is -2.28. The highest BCUT2D eigenvalue weighted by Gasteiger charge is 2.27. The van der Waals surface area contributed by atoms with Gasteiger partial charge >= 0.3 is 7.82 Å². The smallest absolute Gasteiger partial charge is 0.394 e. The molecule has 1 saturated carbocycles. The molecule has 0 aromatic carbocycles. The number of carbonyl (C=O) groups is 1. The second kappa shape index (κ2) is 21.9. The van der Waals surface area contributed by atoms with Crippen molar-refractivity contribution in [2.45, 2.75) is 62.6 Å². The van der Waals surface area contributed by atoms with Gasteiger partial charge in [0, 0.05) is 29.9 Å².